The van der Waals surface area contributed by atoms with Gasteiger partial charge < -0.3 is 10.2 Å². The van der Waals surface area contributed by atoms with Gasteiger partial charge in [0.25, 0.3) is 0 Å². The molecule has 0 aliphatic heterocycles. The second-order valence-corrected chi connectivity index (χ2v) is 9.19. The maximum atomic E-state index is 10.8. The topological polar surface area (TPSA) is 57.5 Å². The molecule has 1 aromatic carbocycles. The van der Waals surface area contributed by atoms with E-state index in [9.17, 15) is 9.90 Å². The molecule has 2 aliphatic rings. The quantitative estimate of drug-likeness (QED) is 0.204. The first-order valence-corrected chi connectivity index (χ1v) is 12.1. The van der Waals surface area contributed by atoms with Gasteiger partial charge in [-0.25, -0.2) is 0 Å². The number of allylic oxidation sites excluding steroid dienone is 5. The maximum absolute atomic E-state index is 10.8. The molecule has 0 saturated heterocycles. The van der Waals surface area contributed by atoms with E-state index in [1.54, 1.807) is 0 Å². The number of aliphatic hydroxyl groups excluding tert-OH is 1. The molecule has 2 saturated carbocycles. The standard InChI is InChI=1S/C29H36O3/c30-27(29(22-11-23-29)21-10-14-24-12-2-1-3-13-24)19-8-6-17-25-15-4-5-16-26(25)18-7-9-20-28(31)32/h1-3,6,8,12-13,17-19,25,27,30H,4-5,7,9,11,15-16,20-23H2,(H,31,32)/b17-6+,19-8+,26-18+/t25-,27?/m0/s1. The van der Waals surface area contributed by atoms with Gasteiger partial charge in [-0.1, -0.05) is 78.8 Å². The van der Waals surface area contributed by atoms with E-state index in [0.717, 1.165) is 50.5 Å². The molecule has 2 N–H and O–H groups in total. The summed E-state index contributed by atoms with van der Waals surface area (Å²) in [5, 5.41) is 19.6. The Labute approximate surface area is 192 Å². The van der Waals surface area contributed by atoms with Crippen molar-refractivity contribution in [2.75, 3.05) is 0 Å². The highest BCUT2D eigenvalue weighted by atomic mass is 16.4. The Hall–Kier alpha value is -2.57. The summed E-state index contributed by atoms with van der Waals surface area (Å²) in [6, 6.07) is 10.0. The van der Waals surface area contributed by atoms with Crippen LogP contribution >= 0.6 is 0 Å². The Morgan fingerprint density at radius 2 is 1.97 bits per heavy atom. The molecule has 1 unspecified atom stereocenters. The summed E-state index contributed by atoms with van der Waals surface area (Å²) in [5.41, 5.74) is 2.36. The van der Waals surface area contributed by atoms with Crippen LogP contribution in [0.15, 0.2) is 66.3 Å². The number of carboxylic acids is 1. The van der Waals surface area contributed by atoms with E-state index < -0.39 is 12.1 Å². The van der Waals surface area contributed by atoms with Crippen LogP contribution in [-0.4, -0.2) is 22.3 Å². The lowest BCUT2D eigenvalue weighted by molar-refractivity contribution is -0.137. The average molecular weight is 433 g/mol. The van der Waals surface area contributed by atoms with Gasteiger partial charge >= 0.3 is 5.97 Å². The fraction of sp³-hybridized carbons (Fsp3) is 0.483. The van der Waals surface area contributed by atoms with Crippen LogP contribution in [0, 0.1) is 23.2 Å². The van der Waals surface area contributed by atoms with Gasteiger partial charge in [-0.2, -0.15) is 0 Å². The van der Waals surface area contributed by atoms with E-state index in [4.69, 9.17) is 5.11 Å². The van der Waals surface area contributed by atoms with E-state index in [-0.39, 0.29) is 11.8 Å². The zero-order chi connectivity index (χ0) is 22.7. The number of carboxylic acid groups (broad SMARTS) is 1. The van der Waals surface area contributed by atoms with Crippen molar-refractivity contribution in [2.24, 2.45) is 11.3 Å². The molecule has 3 heteroatoms. The number of benzene rings is 1. The van der Waals surface area contributed by atoms with Gasteiger partial charge in [0.1, 0.15) is 0 Å². The second-order valence-electron chi connectivity index (χ2n) is 9.19. The Morgan fingerprint density at radius 1 is 1.16 bits per heavy atom. The fourth-order valence-corrected chi connectivity index (χ4v) is 4.70. The summed E-state index contributed by atoms with van der Waals surface area (Å²) in [6.07, 6.45) is 20.5. The number of rotatable bonds is 9. The molecule has 0 spiro atoms. The zero-order valence-corrected chi connectivity index (χ0v) is 19.0. The molecule has 170 valence electrons. The van der Waals surface area contributed by atoms with E-state index >= 15 is 0 Å². The van der Waals surface area contributed by atoms with Crippen molar-refractivity contribution in [3.05, 3.63) is 71.8 Å². The normalized spacial score (nSPS) is 22.4. The highest BCUT2D eigenvalue weighted by Crippen LogP contribution is 2.47. The predicted molar refractivity (Wildman–Crippen MR) is 130 cm³/mol. The lowest BCUT2D eigenvalue weighted by Crippen LogP contribution is -2.40. The van der Waals surface area contributed by atoms with E-state index in [0.29, 0.717) is 12.3 Å². The lowest BCUT2D eigenvalue weighted by Gasteiger charge is -2.43. The number of hydrogen-bond acceptors (Lipinski definition) is 2. The molecule has 2 fully saturated rings. The third-order valence-corrected chi connectivity index (χ3v) is 6.88. The number of aliphatic carboxylic acids is 1. The van der Waals surface area contributed by atoms with Gasteiger partial charge in [0.2, 0.25) is 0 Å². The number of carbonyl (C=O) groups is 1. The van der Waals surface area contributed by atoms with E-state index in [2.05, 4.69) is 30.1 Å². The molecule has 2 aliphatic carbocycles. The van der Waals surface area contributed by atoms with Crippen LogP contribution in [0.25, 0.3) is 0 Å². The van der Waals surface area contributed by atoms with Crippen LogP contribution in [0.1, 0.15) is 76.2 Å². The van der Waals surface area contributed by atoms with Gasteiger partial charge in [0.05, 0.1) is 6.10 Å². The van der Waals surface area contributed by atoms with Crippen molar-refractivity contribution in [1.82, 2.24) is 0 Å². The van der Waals surface area contributed by atoms with Crippen LogP contribution < -0.4 is 0 Å². The summed E-state index contributed by atoms with van der Waals surface area (Å²) in [4.78, 5) is 10.7. The number of aliphatic hydroxyl groups is 1. The molecule has 3 nitrogen and oxygen atoms in total. The molecule has 0 amide bonds. The van der Waals surface area contributed by atoms with Crippen LogP contribution in [0.5, 0.6) is 0 Å². The molecule has 32 heavy (non-hydrogen) atoms. The lowest BCUT2D eigenvalue weighted by atomic mass is 9.63. The second kappa shape index (κ2) is 12.5. The molecular formula is C29H36O3. The van der Waals surface area contributed by atoms with E-state index in [1.165, 1.54) is 18.4 Å². The third-order valence-electron chi connectivity index (χ3n) is 6.88. The summed E-state index contributed by atoms with van der Waals surface area (Å²) >= 11 is 0. The van der Waals surface area contributed by atoms with Gasteiger partial charge in [0.15, 0.2) is 0 Å². The number of hydrogen-bond donors (Lipinski definition) is 2. The van der Waals surface area contributed by atoms with Crippen LogP contribution in [0.2, 0.25) is 0 Å². The van der Waals surface area contributed by atoms with Gasteiger partial charge in [-0.05, 0) is 63.0 Å². The van der Waals surface area contributed by atoms with Crippen molar-refractivity contribution in [2.45, 2.75) is 76.7 Å². The first kappa shape index (κ1) is 24.1. The number of unbranched alkanes of at least 4 members (excludes halogenated alkanes) is 1. The van der Waals surface area contributed by atoms with Crippen molar-refractivity contribution in [3.8, 4) is 11.8 Å². The minimum atomic E-state index is -0.720. The van der Waals surface area contributed by atoms with Gasteiger partial charge in [0, 0.05) is 23.8 Å². The Kier molecular flexibility index (Phi) is 9.38. The fourth-order valence-electron chi connectivity index (χ4n) is 4.70. The smallest absolute Gasteiger partial charge is 0.303 e. The Morgan fingerprint density at radius 3 is 2.69 bits per heavy atom. The van der Waals surface area contributed by atoms with E-state index in [1.807, 2.05) is 42.5 Å². The molecule has 1 aromatic rings. The third kappa shape index (κ3) is 7.24. The Balaban J connectivity index is 1.53. The predicted octanol–water partition coefficient (Wildman–Crippen LogP) is 6.44. The molecular weight excluding hydrogens is 396 g/mol. The SMILES string of the molecule is O=C(O)CCC/C=C1\CCCC[C@H]1/C=C/C=C/C(O)C1(CC#Cc2ccccc2)CCC1. The Bertz CT molecular complexity index is 878. The summed E-state index contributed by atoms with van der Waals surface area (Å²) < 4.78 is 0. The van der Waals surface area contributed by atoms with Crippen molar-refractivity contribution in [1.29, 1.82) is 0 Å². The maximum Gasteiger partial charge on any atom is 0.303 e. The minimum absolute atomic E-state index is 0.105. The largest absolute Gasteiger partial charge is 0.481 e. The molecule has 2 atom stereocenters. The monoisotopic (exact) mass is 432 g/mol. The van der Waals surface area contributed by atoms with Crippen molar-refractivity contribution < 1.29 is 15.0 Å². The van der Waals surface area contributed by atoms with Crippen LogP contribution in [0.3, 0.4) is 0 Å². The van der Waals surface area contributed by atoms with Crippen LogP contribution in [-0.2, 0) is 4.79 Å². The molecule has 0 aromatic heterocycles. The van der Waals surface area contributed by atoms with Gasteiger partial charge in [-0.3, -0.25) is 4.79 Å². The first-order chi connectivity index (χ1) is 15.6. The minimum Gasteiger partial charge on any atom is -0.481 e. The van der Waals surface area contributed by atoms with Crippen LogP contribution in [0.4, 0.5) is 0 Å². The summed E-state index contributed by atoms with van der Waals surface area (Å²) in [7, 11) is 0. The molecule has 0 bridgehead atoms. The molecule has 0 heterocycles. The van der Waals surface area contributed by atoms with Crippen molar-refractivity contribution >= 4 is 5.97 Å². The molecule has 3 rings (SSSR count). The summed E-state index contributed by atoms with van der Waals surface area (Å²) in [6.45, 7) is 0. The van der Waals surface area contributed by atoms with Crippen molar-refractivity contribution in [3.63, 3.8) is 0 Å². The molecule has 0 radical (unpaired) electrons. The summed E-state index contributed by atoms with van der Waals surface area (Å²) in [5.74, 6) is 6.24. The van der Waals surface area contributed by atoms with Gasteiger partial charge in [-0.15, -0.1) is 0 Å². The zero-order valence-electron chi connectivity index (χ0n) is 19.0. The highest BCUT2D eigenvalue weighted by Gasteiger charge is 2.41. The highest BCUT2D eigenvalue weighted by molar-refractivity contribution is 5.66. The first-order valence-electron chi connectivity index (χ1n) is 12.1. The average Bonchev–Trinajstić information content (AvgIpc) is 2.77.